The Kier molecular flexibility index (Phi) is 4.75. The van der Waals surface area contributed by atoms with Gasteiger partial charge in [-0.1, -0.05) is 50.0 Å². The number of hydrogen-bond acceptors (Lipinski definition) is 1. The highest BCUT2D eigenvalue weighted by atomic mass is 79.9. The van der Waals surface area contributed by atoms with Gasteiger partial charge in [0.2, 0.25) is 0 Å². The summed E-state index contributed by atoms with van der Waals surface area (Å²) in [6.45, 7) is 10.4. The summed E-state index contributed by atoms with van der Waals surface area (Å²) in [5, 5.41) is 0. The first-order valence-corrected chi connectivity index (χ1v) is 8.54. The third kappa shape index (κ3) is 3.07. The van der Waals surface area contributed by atoms with Gasteiger partial charge in [-0.25, -0.2) is 4.98 Å². The van der Waals surface area contributed by atoms with Crippen LogP contribution in [0.25, 0.3) is 0 Å². The molecule has 0 bridgehead atoms. The van der Waals surface area contributed by atoms with Crippen LogP contribution in [0.4, 0.5) is 0 Å². The lowest BCUT2D eigenvalue weighted by molar-refractivity contribution is 0.202. The SMILES string of the molecule is CCCn1ccnc1C(C)(C)C1CCC(C)CC1Br. The molecule has 1 heterocycles. The van der Waals surface area contributed by atoms with Gasteiger partial charge in [-0.2, -0.15) is 0 Å². The number of alkyl halides is 1. The van der Waals surface area contributed by atoms with Crippen molar-refractivity contribution in [1.29, 1.82) is 0 Å². The molecule has 2 rings (SSSR count). The first-order valence-electron chi connectivity index (χ1n) is 7.62. The zero-order valence-corrected chi connectivity index (χ0v) is 14.3. The Morgan fingerprint density at radius 2 is 2.16 bits per heavy atom. The minimum atomic E-state index is 0.146. The third-order valence-corrected chi connectivity index (χ3v) is 5.73. The molecule has 2 nitrogen and oxygen atoms in total. The van der Waals surface area contributed by atoms with Crippen LogP contribution >= 0.6 is 15.9 Å². The quantitative estimate of drug-likeness (QED) is 0.728. The van der Waals surface area contributed by atoms with Crippen LogP contribution in [0.3, 0.4) is 0 Å². The van der Waals surface area contributed by atoms with E-state index in [4.69, 9.17) is 0 Å². The van der Waals surface area contributed by atoms with Gasteiger partial charge >= 0.3 is 0 Å². The molecule has 1 aliphatic rings. The summed E-state index contributed by atoms with van der Waals surface area (Å²) < 4.78 is 2.34. The van der Waals surface area contributed by atoms with E-state index in [2.05, 4.69) is 59.4 Å². The van der Waals surface area contributed by atoms with Crippen molar-refractivity contribution in [3.63, 3.8) is 0 Å². The zero-order valence-electron chi connectivity index (χ0n) is 12.7. The van der Waals surface area contributed by atoms with Gasteiger partial charge in [0, 0.05) is 29.2 Å². The zero-order chi connectivity index (χ0) is 14.0. The molecule has 19 heavy (non-hydrogen) atoms. The topological polar surface area (TPSA) is 17.8 Å². The molecule has 0 saturated heterocycles. The van der Waals surface area contributed by atoms with Crippen molar-refractivity contribution in [3.8, 4) is 0 Å². The minimum Gasteiger partial charge on any atom is -0.334 e. The van der Waals surface area contributed by atoms with Crippen LogP contribution in [-0.2, 0) is 12.0 Å². The van der Waals surface area contributed by atoms with Crippen LogP contribution in [0.2, 0.25) is 0 Å². The van der Waals surface area contributed by atoms with Gasteiger partial charge in [0.15, 0.2) is 0 Å². The van der Waals surface area contributed by atoms with E-state index in [1.165, 1.54) is 31.5 Å². The summed E-state index contributed by atoms with van der Waals surface area (Å²) >= 11 is 3.94. The van der Waals surface area contributed by atoms with Crippen molar-refractivity contribution in [2.75, 3.05) is 0 Å². The van der Waals surface area contributed by atoms with Gasteiger partial charge in [-0.15, -0.1) is 0 Å². The Bertz CT molecular complexity index is 411. The molecule has 1 aromatic rings. The van der Waals surface area contributed by atoms with E-state index < -0.39 is 0 Å². The van der Waals surface area contributed by atoms with Gasteiger partial charge in [0.05, 0.1) is 0 Å². The number of hydrogen-bond donors (Lipinski definition) is 0. The molecule has 1 saturated carbocycles. The summed E-state index contributed by atoms with van der Waals surface area (Å²) in [4.78, 5) is 5.30. The Morgan fingerprint density at radius 3 is 2.79 bits per heavy atom. The molecule has 1 fully saturated rings. The van der Waals surface area contributed by atoms with Crippen molar-refractivity contribution in [1.82, 2.24) is 9.55 Å². The fourth-order valence-electron chi connectivity index (χ4n) is 3.58. The Balaban J connectivity index is 2.23. The molecule has 1 aliphatic carbocycles. The maximum atomic E-state index is 4.68. The first kappa shape index (κ1) is 15.1. The Hall–Kier alpha value is -0.310. The van der Waals surface area contributed by atoms with E-state index >= 15 is 0 Å². The summed E-state index contributed by atoms with van der Waals surface area (Å²) in [5.41, 5.74) is 0.146. The molecule has 108 valence electrons. The van der Waals surface area contributed by atoms with Crippen LogP contribution in [0.5, 0.6) is 0 Å². The number of imidazole rings is 1. The average molecular weight is 327 g/mol. The molecular formula is C16H27BrN2. The van der Waals surface area contributed by atoms with Crippen LogP contribution in [0.15, 0.2) is 12.4 Å². The molecule has 0 radical (unpaired) electrons. The predicted molar refractivity (Wildman–Crippen MR) is 84.8 cm³/mol. The van der Waals surface area contributed by atoms with E-state index in [0.717, 1.165) is 12.5 Å². The second-order valence-electron chi connectivity index (χ2n) is 6.71. The second-order valence-corrected chi connectivity index (χ2v) is 7.88. The number of aryl methyl sites for hydroxylation is 1. The monoisotopic (exact) mass is 326 g/mol. The van der Waals surface area contributed by atoms with Crippen molar-refractivity contribution < 1.29 is 0 Å². The Labute approximate surface area is 126 Å². The molecule has 3 unspecified atom stereocenters. The van der Waals surface area contributed by atoms with Gasteiger partial charge < -0.3 is 4.57 Å². The molecule has 3 heteroatoms. The van der Waals surface area contributed by atoms with Gasteiger partial charge in [-0.3, -0.25) is 0 Å². The summed E-state index contributed by atoms with van der Waals surface area (Å²) in [6, 6.07) is 0. The van der Waals surface area contributed by atoms with Crippen LogP contribution < -0.4 is 0 Å². The van der Waals surface area contributed by atoms with E-state index in [1.807, 2.05) is 6.20 Å². The highest BCUT2D eigenvalue weighted by molar-refractivity contribution is 9.09. The fourth-order valence-corrected chi connectivity index (χ4v) is 5.14. The van der Waals surface area contributed by atoms with Crippen molar-refractivity contribution in [2.24, 2.45) is 11.8 Å². The smallest absolute Gasteiger partial charge is 0.114 e. The lowest BCUT2D eigenvalue weighted by Crippen LogP contribution is -2.40. The average Bonchev–Trinajstić information content (AvgIpc) is 2.78. The number of halogens is 1. The molecular weight excluding hydrogens is 300 g/mol. The van der Waals surface area contributed by atoms with Crippen LogP contribution in [0, 0.1) is 11.8 Å². The van der Waals surface area contributed by atoms with Gasteiger partial charge in [0.25, 0.3) is 0 Å². The van der Waals surface area contributed by atoms with E-state index in [9.17, 15) is 0 Å². The highest BCUT2D eigenvalue weighted by Gasteiger charge is 2.41. The largest absolute Gasteiger partial charge is 0.334 e. The number of nitrogens with zero attached hydrogens (tertiary/aromatic N) is 2. The summed E-state index contributed by atoms with van der Waals surface area (Å²) in [7, 11) is 0. The molecule has 0 N–H and O–H groups in total. The summed E-state index contributed by atoms with van der Waals surface area (Å²) in [6.07, 6.45) is 9.21. The van der Waals surface area contributed by atoms with E-state index in [1.54, 1.807) is 0 Å². The van der Waals surface area contributed by atoms with Gasteiger partial charge in [0.1, 0.15) is 5.82 Å². The molecule has 0 spiro atoms. The normalized spacial score (nSPS) is 28.6. The van der Waals surface area contributed by atoms with Crippen LogP contribution in [0.1, 0.15) is 59.2 Å². The molecule has 0 amide bonds. The maximum Gasteiger partial charge on any atom is 0.114 e. The van der Waals surface area contributed by atoms with Crippen LogP contribution in [-0.4, -0.2) is 14.4 Å². The molecule has 0 aromatic carbocycles. The predicted octanol–water partition coefficient (Wildman–Crippen LogP) is 4.77. The Morgan fingerprint density at radius 1 is 1.42 bits per heavy atom. The van der Waals surface area contributed by atoms with Crippen molar-refractivity contribution in [3.05, 3.63) is 18.2 Å². The molecule has 1 aromatic heterocycles. The lowest BCUT2D eigenvalue weighted by atomic mass is 9.68. The molecule has 0 aliphatic heterocycles. The standard InChI is InChI=1S/C16H27BrN2/c1-5-9-19-10-8-18-15(19)16(3,4)13-7-6-12(2)11-14(13)17/h8,10,12-14H,5-7,9,11H2,1-4H3. The summed E-state index contributed by atoms with van der Waals surface area (Å²) in [5.74, 6) is 2.80. The minimum absolute atomic E-state index is 0.146. The second kappa shape index (κ2) is 5.99. The van der Waals surface area contributed by atoms with E-state index in [-0.39, 0.29) is 5.41 Å². The fraction of sp³-hybridized carbons (Fsp3) is 0.812. The van der Waals surface area contributed by atoms with Crippen molar-refractivity contribution >= 4 is 15.9 Å². The number of aromatic nitrogens is 2. The first-order chi connectivity index (χ1) is 8.96. The lowest BCUT2D eigenvalue weighted by Gasteiger charge is -2.41. The maximum absolute atomic E-state index is 4.68. The number of rotatable bonds is 4. The third-order valence-electron chi connectivity index (χ3n) is 4.72. The van der Waals surface area contributed by atoms with E-state index in [0.29, 0.717) is 10.7 Å². The van der Waals surface area contributed by atoms with Crippen molar-refractivity contribution in [2.45, 2.75) is 70.2 Å². The van der Waals surface area contributed by atoms with Gasteiger partial charge in [-0.05, 0) is 31.1 Å². The highest BCUT2D eigenvalue weighted by Crippen LogP contribution is 2.44. The molecule has 3 atom stereocenters.